The number of carbonyl (C=O) groups is 1. The SMILES string of the molecule is COc1ccc([N+](=O)[O-])cc1NC(=O)[C@H](C)Sc1nc(C)nc2sc3c(c12)CCC3. The number of rotatable bonds is 6. The summed E-state index contributed by atoms with van der Waals surface area (Å²) in [6, 6.07) is 4.11. The number of carbonyl (C=O) groups excluding carboxylic acids is 1. The molecule has 4 rings (SSSR count). The molecule has 0 spiro atoms. The highest BCUT2D eigenvalue weighted by Crippen LogP contribution is 2.41. The summed E-state index contributed by atoms with van der Waals surface area (Å²) in [6.45, 7) is 3.65. The molecule has 0 fully saturated rings. The van der Waals surface area contributed by atoms with Gasteiger partial charge in [0.25, 0.3) is 5.69 Å². The highest BCUT2D eigenvalue weighted by Gasteiger charge is 2.25. The molecule has 0 unspecified atom stereocenters. The molecule has 3 aromatic rings. The van der Waals surface area contributed by atoms with Gasteiger partial charge >= 0.3 is 0 Å². The van der Waals surface area contributed by atoms with E-state index in [4.69, 9.17) is 4.74 Å². The highest BCUT2D eigenvalue weighted by molar-refractivity contribution is 8.00. The first-order chi connectivity index (χ1) is 14.4. The highest BCUT2D eigenvalue weighted by atomic mass is 32.2. The summed E-state index contributed by atoms with van der Waals surface area (Å²) in [5.41, 5.74) is 1.46. The van der Waals surface area contributed by atoms with Crippen molar-refractivity contribution in [2.45, 2.75) is 43.4 Å². The second-order valence-corrected chi connectivity index (χ2v) is 9.42. The van der Waals surface area contributed by atoms with Crippen molar-refractivity contribution in [3.8, 4) is 5.75 Å². The lowest BCUT2D eigenvalue weighted by atomic mass is 10.2. The molecule has 2 aromatic heterocycles. The first-order valence-corrected chi connectivity index (χ1v) is 11.2. The summed E-state index contributed by atoms with van der Waals surface area (Å²) in [6.07, 6.45) is 3.22. The number of fused-ring (bicyclic) bond motifs is 3. The summed E-state index contributed by atoms with van der Waals surface area (Å²) >= 11 is 3.09. The third-order valence-corrected chi connectivity index (χ3v) is 7.22. The van der Waals surface area contributed by atoms with Gasteiger partial charge in [-0.05, 0) is 44.7 Å². The number of ether oxygens (including phenoxy) is 1. The van der Waals surface area contributed by atoms with Crippen LogP contribution < -0.4 is 10.1 Å². The Bertz CT molecular complexity index is 1160. The van der Waals surface area contributed by atoms with Crippen LogP contribution in [0.25, 0.3) is 10.2 Å². The van der Waals surface area contributed by atoms with Crippen molar-refractivity contribution in [2.24, 2.45) is 0 Å². The van der Waals surface area contributed by atoms with Crippen molar-refractivity contribution >= 4 is 50.6 Å². The molecule has 0 bridgehead atoms. The van der Waals surface area contributed by atoms with Gasteiger partial charge in [0.1, 0.15) is 21.4 Å². The fourth-order valence-electron chi connectivity index (χ4n) is 3.51. The Labute approximate surface area is 181 Å². The zero-order valence-corrected chi connectivity index (χ0v) is 18.4. The number of nitro benzene ring substituents is 1. The van der Waals surface area contributed by atoms with Gasteiger partial charge in [-0.25, -0.2) is 9.97 Å². The number of nitro groups is 1. The molecule has 156 valence electrons. The first-order valence-electron chi connectivity index (χ1n) is 9.46. The minimum absolute atomic E-state index is 0.117. The Morgan fingerprint density at radius 2 is 2.17 bits per heavy atom. The maximum Gasteiger partial charge on any atom is 0.271 e. The van der Waals surface area contributed by atoms with Crippen LogP contribution in [0.2, 0.25) is 0 Å². The second kappa shape index (κ2) is 8.19. The number of benzene rings is 1. The van der Waals surface area contributed by atoms with Crippen LogP contribution >= 0.6 is 23.1 Å². The van der Waals surface area contributed by atoms with Crippen molar-refractivity contribution in [1.29, 1.82) is 0 Å². The fourth-order valence-corrected chi connectivity index (χ4v) is 5.91. The number of anilines is 1. The van der Waals surface area contributed by atoms with Crippen LogP contribution in [0.15, 0.2) is 23.2 Å². The molecule has 0 saturated carbocycles. The van der Waals surface area contributed by atoms with Gasteiger partial charge in [-0.1, -0.05) is 11.8 Å². The third-order valence-electron chi connectivity index (χ3n) is 4.95. The van der Waals surface area contributed by atoms with E-state index in [-0.39, 0.29) is 17.3 Å². The summed E-state index contributed by atoms with van der Waals surface area (Å²) in [7, 11) is 1.45. The monoisotopic (exact) mass is 444 g/mol. The van der Waals surface area contributed by atoms with Gasteiger partial charge in [0.2, 0.25) is 5.91 Å². The number of aryl methyl sites for hydroxylation is 3. The molecular weight excluding hydrogens is 424 g/mol. The van der Waals surface area contributed by atoms with Gasteiger partial charge in [0, 0.05) is 22.4 Å². The Balaban J connectivity index is 1.59. The third kappa shape index (κ3) is 3.84. The maximum atomic E-state index is 12.9. The van der Waals surface area contributed by atoms with Gasteiger partial charge in [0.05, 0.1) is 23.0 Å². The van der Waals surface area contributed by atoms with E-state index in [0.717, 1.165) is 34.5 Å². The van der Waals surface area contributed by atoms with Crippen LogP contribution in [0, 0.1) is 17.0 Å². The summed E-state index contributed by atoms with van der Waals surface area (Å²) < 4.78 is 5.23. The van der Waals surface area contributed by atoms with Crippen LogP contribution in [0.5, 0.6) is 5.75 Å². The lowest BCUT2D eigenvalue weighted by molar-refractivity contribution is -0.384. The van der Waals surface area contributed by atoms with E-state index in [1.165, 1.54) is 47.5 Å². The van der Waals surface area contributed by atoms with Gasteiger partial charge in [-0.2, -0.15) is 0 Å². The number of methoxy groups -OCH3 is 1. The standard InChI is InChI=1S/C20H20N4O4S2/c1-10(18(25)23-14-9-12(24(26)27)7-8-15(14)28-3)29-19-17-13-5-4-6-16(13)30-20(17)22-11(2)21-19/h7-10H,4-6H2,1-3H3,(H,23,25)/t10-/m0/s1. The first kappa shape index (κ1) is 20.5. The molecule has 1 atom stereocenters. The van der Waals surface area contributed by atoms with Crippen LogP contribution in [0.1, 0.15) is 29.6 Å². The number of nitrogens with one attached hydrogen (secondary N) is 1. The molecule has 8 nitrogen and oxygen atoms in total. The molecule has 0 aliphatic heterocycles. The van der Waals surface area contributed by atoms with Crippen LogP contribution in [-0.4, -0.2) is 33.2 Å². The summed E-state index contributed by atoms with van der Waals surface area (Å²) in [5.74, 6) is 0.759. The fraction of sp³-hybridized carbons (Fsp3) is 0.350. The maximum absolute atomic E-state index is 12.9. The molecule has 1 aromatic carbocycles. The van der Waals surface area contributed by atoms with Gasteiger partial charge < -0.3 is 10.1 Å². The predicted molar refractivity (Wildman–Crippen MR) is 118 cm³/mol. The molecule has 0 radical (unpaired) electrons. The smallest absolute Gasteiger partial charge is 0.271 e. The molecule has 1 amide bonds. The zero-order valence-electron chi connectivity index (χ0n) is 16.7. The number of nitrogens with zero attached hydrogens (tertiary/aromatic N) is 3. The number of thiophene rings is 1. The lowest BCUT2D eigenvalue weighted by Crippen LogP contribution is -2.23. The molecule has 0 saturated heterocycles. The quantitative estimate of drug-likeness (QED) is 0.258. The summed E-state index contributed by atoms with van der Waals surface area (Å²) in [4.78, 5) is 35.0. The molecule has 2 heterocycles. The predicted octanol–water partition coefficient (Wildman–Crippen LogP) is 4.52. The lowest BCUT2D eigenvalue weighted by Gasteiger charge is -2.14. The second-order valence-electron chi connectivity index (χ2n) is 7.00. The van der Waals surface area contributed by atoms with Crippen molar-refractivity contribution in [3.05, 3.63) is 44.6 Å². The van der Waals surface area contributed by atoms with Gasteiger partial charge in [-0.15, -0.1) is 11.3 Å². The molecule has 30 heavy (non-hydrogen) atoms. The van der Waals surface area contributed by atoms with E-state index in [2.05, 4.69) is 15.3 Å². The van der Waals surface area contributed by atoms with Crippen molar-refractivity contribution in [1.82, 2.24) is 9.97 Å². The van der Waals surface area contributed by atoms with E-state index < -0.39 is 10.2 Å². The van der Waals surface area contributed by atoms with Crippen molar-refractivity contribution < 1.29 is 14.5 Å². The Kier molecular flexibility index (Phi) is 5.61. The van der Waals surface area contributed by atoms with Crippen LogP contribution in [0.3, 0.4) is 0 Å². The topological polar surface area (TPSA) is 107 Å². The average Bonchev–Trinajstić information content (AvgIpc) is 3.28. The van der Waals surface area contributed by atoms with Crippen LogP contribution in [0.4, 0.5) is 11.4 Å². The molecule has 1 aliphatic rings. The van der Waals surface area contributed by atoms with Gasteiger partial charge in [-0.3, -0.25) is 14.9 Å². The normalized spacial score (nSPS) is 13.8. The number of thioether (sulfide) groups is 1. The van der Waals surface area contributed by atoms with E-state index >= 15 is 0 Å². The van der Waals surface area contributed by atoms with Crippen LogP contribution in [-0.2, 0) is 17.6 Å². The minimum atomic E-state index is -0.509. The molecule has 1 aliphatic carbocycles. The number of amides is 1. The molecular formula is C20H20N4O4S2. The Morgan fingerprint density at radius 3 is 2.90 bits per heavy atom. The zero-order chi connectivity index (χ0) is 21.4. The Hall–Kier alpha value is -2.72. The number of non-ortho nitro benzene ring substituents is 1. The van der Waals surface area contributed by atoms with Crippen molar-refractivity contribution in [2.75, 3.05) is 12.4 Å². The number of hydrogen-bond donors (Lipinski definition) is 1. The van der Waals surface area contributed by atoms with E-state index in [1.54, 1.807) is 18.3 Å². The Morgan fingerprint density at radius 1 is 1.37 bits per heavy atom. The summed E-state index contributed by atoms with van der Waals surface area (Å²) in [5, 5.41) is 15.2. The largest absolute Gasteiger partial charge is 0.495 e. The van der Waals surface area contributed by atoms with Crippen molar-refractivity contribution in [3.63, 3.8) is 0 Å². The number of hydrogen-bond acceptors (Lipinski definition) is 8. The van der Waals surface area contributed by atoms with E-state index in [0.29, 0.717) is 11.6 Å². The van der Waals surface area contributed by atoms with E-state index in [1.807, 2.05) is 6.92 Å². The number of aromatic nitrogens is 2. The average molecular weight is 445 g/mol. The minimum Gasteiger partial charge on any atom is -0.495 e. The van der Waals surface area contributed by atoms with E-state index in [9.17, 15) is 14.9 Å². The molecule has 10 heteroatoms. The van der Waals surface area contributed by atoms with Gasteiger partial charge in [0.15, 0.2) is 0 Å². The molecule has 1 N–H and O–H groups in total.